The van der Waals surface area contributed by atoms with E-state index < -0.39 is 34.2 Å². The van der Waals surface area contributed by atoms with Crippen LogP contribution >= 0.6 is 11.6 Å². The summed E-state index contributed by atoms with van der Waals surface area (Å²) in [5, 5.41) is -0.0387. The van der Waals surface area contributed by atoms with Crippen LogP contribution in [0.5, 0.6) is 0 Å². The van der Waals surface area contributed by atoms with Crippen molar-refractivity contribution in [3.05, 3.63) is 107 Å². The fraction of sp³-hybridized carbons (Fsp3) is 0.0833. The maximum absolute atomic E-state index is 13.3. The maximum Gasteiger partial charge on any atom is 0.340 e. The van der Waals surface area contributed by atoms with Crippen LogP contribution in [0.4, 0.5) is 10.1 Å². The maximum atomic E-state index is 13.3. The molecular weight excluding hydrogens is 469 g/mol. The number of benzene rings is 3. The minimum atomic E-state index is -4.07. The Kier molecular flexibility index (Phi) is 7.63. The van der Waals surface area contributed by atoms with E-state index in [-0.39, 0.29) is 27.6 Å². The quantitative estimate of drug-likeness (QED) is 0.243. The van der Waals surface area contributed by atoms with E-state index in [0.717, 1.165) is 22.5 Å². The molecule has 0 bridgehead atoms. The van der Waals surface area contributed by atoms with Gasteiger partial charge in [-0.3, -0.25) is 9.10 Å². The van der Waals surface area contributed by atoms with Gasteiger partial charge in [-0.25, -0.2) is 17.6 Å². The van der Waals surface area contributed by atoms with Crippen LogP contribution < -0.4 is 4.31 Å². The molecule has 0 aliphatic carbocycles. The predicted octanol–water partition coefficient (Wildman–Crippen LogP) is 4.90. The molecule has 33 heavy (non-hydrogen) atoms. The Morgan fingerprint density at radius 2 is 1.70 bits per heavy atom. The van der Waals surface area contributed by atoms with Gasteiger partial charge in [0.1, 0.15) is 5.82 Å². The molecule has 0 radical (unpaired) electrons. The molecule has 0 amide bonds. The van der Waals surface area contributed by atoms with Gasteiger partial charge in [-0.15, -0.1) is 6.58 Å². The Labute approximate surface area is 195 Å². The lowest BCUT2D eigenvalue weighted by molar-refractivity contribution is 0.0474. The van der Waals surface area contributed by atoms with Crippen LogP contribution in [0.15, 0.2) is 90.3 Å². The Bertz CT molecular complexity index is 1280. The third kappa shape index (κ3) is 5.66. The zero-order chi connectivity index (χ0) is 24.0. The van der Waals surface area contributed by atoms with Crippen molar-refractivity contribution >= 4 is 39.1 Å². The van der Waals surface area contributed by atoms with Crippen molar-refractivity contribution < 1.29 is 27.1 Å². The van der Waals surface area contributed by atoms with E-state index in [4.69, 9.17) is 16.3 Å². The molecule has 0 aliphatic heterocycles. The number of esters is 1. The summed E-state index contributed by atoms with van der Waals surface area (Å²) < 4.78 is 45.7. The number of carbonyl (C=O) groups is 2. The summed E-state index contributed by atoms with van der Waals surface area (Å²) in [5.74, 6) is -2.03. The van der Waals surface area contributed by atoms with E-state index in [1.165, 1.54) is 30.3 Å². The standard InChI is InChI=1S/C24H19ClFNO5S/c1-2-14-27(19-6-4-3-5-7-19)33(30,31)20-12-13-22(25)21(15-20)24(29)32-16-23(28)17-8-10-18(26)11-9-17/h2-13,15H,1,14,16H2. The zero-order valence-corrected chi connectivity index (χ0v) is 18.9. The molecule has 0 heterocycles. The first-order chi connectivity index (χ1) is 15.7. The molecule has 170 valence electrons. The number of ether oxygens (including phenoxy) is 1. The lowest BCUT2D eigenvalue weighted by atomic mass is 10.1. The average Bonchev–Trinajstić information content (AvgIpc) is 2.81. The molecule has 0 N–H and O–H groups in total. The molecule has 3 aromatic carbocycles. The number of sulfonamides is 1. The van der Waals surface area contributed by atoms with Gasteiger partial charge in [-0.2, -0.15) is 0 Å². The van der Waals surface area contributed by atoms with Crippen LogP contribution in [0, 0.1) is 5.82 Å². The van der Waals surface area contributed by atoms with Gasteiger partial charge in [-0.05, 0) is 54.6 Å². The second-order valence-electron chi connectivity index (χ2n) is 6.81. The summed E-state index contributed by atoms with van der Waals surface area (Å²) in [7, 11) is -4.07. The van der Waals surface area contributed by atoms with Gasteiger partial charge in [0, 0.05) is 5.56 Å². The highest BCUT2D eigenvalue weighted by Crippen LogP contribution is 2.27. The summed E-state index contributed by atoms with van der Waals surface area (Å²) in [6, 6.07) is 16.8. The van der Waals surface area contributed by atoms with Crippen LogP contribution in [-0.2, 0) is 14.8 Å². The number of anilines is 1. The van der Waals surface area contributed by atoms with E-state index in [1.807, 2.05) is 0 Å². The molecule has 0 saturated carbocycles. The van der Waals surface area contributed by atoms with Gasteiger partial charge in [0.2, 0.25) is 0 Å². The Morgan fingerprint density at radius 1 is 1.03 bits per heavy atom. The molecule has 0 aromatic heterocycles. The molecule has 0 spiro atoms. The molecule has 3 rings (SSSR count). The van der Waals surface area contributed by atoms with E-state index in [9.17, 15) is 22.4 Å². The van der Waals surface area contributed by atoms with Crippen molar-refractivity contribution in [3.63, 3.8) is 0 Å². The summed E-state index contributed by atoms with van der Waals surface area (Å²) in [4.78, 5) is 24.5. The van der Waals surface area contributed by atoms with Gasteiger partial charge >= 0.3 is 5.97 Å². The third-order valence-corrected chi connectivity index (χ3v) is 6.70. The highest BCUT2D eigenvalue weighted by atomic mass is 35.5. The van der Waals surface area contributed by atoms with Crippen LogP contribution in [0.1, 0.15) is 20.7 Å². The zero-order valence-electron chi connectivity index (χ0n) is 17.3. The predicted molar refractivity (Wildman–Crippen MR) is 124 cm³/mol. The van der Waals surface area contributed by atoms with Crippen molar-refractivity contribution in [2.24, 2.45) is 0 Å². The fourth-order valence-electron chi connectivity index (χ4n) is 2.93. The summed E-state index contributed by atoms with van der Waals surface area (Å²) in [6.07, 6.45) is 1.44. The van der Waals surface area contributed by atoms with Crippen LogP contribution in [0.25, 0.3) is 0 Å². The number of halogens is 2. The van der Waals surface area contributed by atoms with Crippen molar-refractivity contribution in [1.82, 2.24) is 0 Å². The number of ketones is 1. The SMILES string of the molecule is C=CCN(c1ccccc1)S(=O)(=O)c1ccc(Cl)c(C(=O)OCC(=O)c2ccc(F)cc2)c1. The lowest BCUT2D eigenvalue weighted by Gasteiger charge is -2.23. The van der Waals surface area contributed by atoms with E-state index in [0.29, 0.717) is 5.69 Å². The van der Waals surface area contributed by atoms with E-state index in [1.54, 1.807) is 30.3 Å². The van der Waals surface area contributed by atoms with Crippen LogP contribution in [0.2, 0.25) is 5.02 Å². The topological polar surface area (TPSA) is 80.8 Å². The summed E-state index contributed by atoms with van der Waals surface area (Å²) in [5.41, 5.74) is 0.368. The second-order valence-corrected chi connectivity index (χ2v) is 9.08. The minimum Gasteiger partial charge on any atom is -0.454 e. The number of hydrogen-bond donors (Lipinski definition) is 0. The monoisotopic (exact) mass is 487 g/mol. The number of nitrogens with zero attached hydrogens (tertiary/aromatic N) is 1. The molecular formula is C24H19ClFNO5S. The molecule has 3 aromatic rings. The largest absolute Gasteiger partial charge is 0.454 e. The van der Waals surface area contributed by atoms with E-state index in [2.05, 4.69) is 6.58 Å². The highest BCUT2D eigenvalue weighted by Gasteiger charge is 2.26. The third-order valence-electron chi connectivity index (χ3n) is 4.59. The first kappa shape index (κ1) is 24.2. The molecule has 9 heteroatoms. The van der Waals surface area contributed by atoms with Gasteiger partial charge in [0.15, 0.2) is 12.4 Å². The number of carbonyl (C=O) groups excluding carboxylic acids is 2. The lowest BCUT2D eigenvalue weighted by Crippen LogP contribution is -2.31. The van der Waals surface area contributed by atoms with Crippen molar-refractivity contribution in [2.75, 3.05) is 17.5 Å². The van der Waals surface area contributed by atoms with Gasteiger partial charge in [0.05, 0.1) is 27.7 Å². The summed E-state index contributed by atoms with van der Waals surface area (Å²) >= 11 is 6.10. The average molecular weight is 488 g/mol. The first-order valence-electron chi connectivity index (χ1n) is 9.68. The first-order valence-corrected chi connectivity index (χ1v) is 11.5. The van der Waals surface area contributed by atoms with Gasteiger partial charge in [-0.1, -0.05) is 35.9 Å². The van der Waals surface area contributed by atoms with Gasteiger partial charge < -0.3 is 4.74 Å². The number of Topliss-reactive ketones (excluding diaryl/α,β-unsaturated/α-hetero) is 1. The highest BCUT2D eigenvalue weighted by molar-refractivity contribution is 7.92. The van der Waals surface area contributed by atoms with Gasteiger partial charge in [0.25, 0.3) is 10.0 Å². The molecule has 6 nitrogen and oxygen atoms in total. The Hall–Kier alpha value is -3.49. The van der Waals surface area contributed by atoms with Crippen LogP contribution in [-0.4, -0.2) is 33.3 Å². The number of hydrogen-bond acceptors (Lipinski definition) is 5. The number of para-hydroxylation sites is 1. The van der Waals surface area contributed by atoms with Crippen molar-refractivity contribution in [3.8, 4) is 0 Å². The Balaban J connectivity index is 1.84. The molecule has 0 aliphatic rings. The van der Waals surface area contributed by atoms with Crippen LogP contribution in [0.3, 0.4) is 0 Å². The smallest absolute Gasteiger partial charge is 0.340 e. The minimum absolute atomic E-state index is 0.000917. The fourth-order valence-corrected chi connectivity index (χ4v) is 4.59. The van der Waals surface area contributed by atoms with Crippen molar-refractivity contribution in [1.29, 1.82) is 0 Å². The normalized spacial score (nSPS) is 11.0. The second kappa shape index (κ2) is 10.4. The number of rotatable bonds is 9. The molecule has 0 saturated heterocycles. The molecule has 0 atom stereocenters. The Morgan fingerprint density at radius 3 is 2.33 bits per heavy atom. The summed E-state index contributed by atoms with van der Waals surface area (Å²) in [6.45, 7) is 2.99. The van der Waals surface area contributed by atoms with E-state index >= 15 is 0 Å². The molecule has 0 unspecified atom stereocenters. The molecule has 0 fully saturated rings. The van der Waals surface area contributed by atoms with Crippen molar-refractivity contribution in [2.45, 2.75) is 4.90 Å².